The molecule has 3 amide bonds. The van der Waals surface area contributed by atoms with Crippen molar-refractivity contribution in [1.82, 2.24) is 37.8 Å². The molecule has 0 saturated carbocycles. The summed E-state index contributed by atoms with van der Waals surface area (Å²) in [5, 5.41) is 18.4. The first-order valence-electron chi connectivity index (χ1n) is 19.4. The first-order valence-corrected chi connectivity index (χ1v) is 19.4. The van der Waals surface area contributed by atoms with Gasteiger partial charge >= 0.3 is 0 Å². The Kier molecular flexibility index (Phi) is 12.1. The molecule has 3 N–H and O–H groups in total. The second-order valence-electron chi connectivity index (χ2n) is 14.5. The number of aromatic nitrogens is 8. The van der Waals surface area contributed by atoms with E-state index < -0.39 is 17.7 Å². The summed E-state index contributed by atoms with van der Waals surface area (Å²) < 4.78 is 16.9. The van der Waals surface area contributed by atoms with Crippen molar-refractivity contribution in [2.24, 2.45) is 29.8 Å². The number of aliphatic hydroxyl groups is 1. The van der Waals surface area contributed by atoms with Crippen LogP contribution in [0, 0.1) is 13.8 Å². The predicted molar refractivity (Wildman–Crippen MR) is 217 cm³/mol. The van der Waals surface area contributed by atoms with Gasteiger partial charge in [-0.1, -0.05) is 0 Å². The molecule has 4 aromatic heterocycles. The van der Waals surface area contributed by atoms with Gasteiger partial charge in [-0.25, -0.2) is 0 Å². The number of aldehydes is 1. The second kappa shape index (κ2) is 17.0. The summed E-state index contributed by atoms with van der Waals surface area (Å²) in [6, 6.07) is 11.5. The predicted octanol–water partition coefficient (Wildman–Crippen LogP) is 4.08. The first-order chi connectivity index (χ1) is 27.7. The van der Waals surface area contributed by atoms with Crippen molar-refractivity contribution >= 4 is 46.1 Å². The van der Waals surface area contributed by atoms with E-state index in [1.165, 1.54) is 0 Å². The Labute approximate surface area is 334 Å². The maximum Gasteiger partial charge on any atom is 0.298 e. The number of benzene rings is 2. The Balaban J connectivity index is 1.48. The zero-order chi connectivity index (χ0) is 42.0. The third-order valence-corrected chi connectivity index (χ3v) is 10.4. The molecule has 58 heavy (non-hydrogen) atoms. The standard InChI is InChI=1S/C41H51N11O6/c1-9-49-33(18-24(3)45-49)38(56)43-40-47(7)31-20-28(23-54)14-15-30(31)51(40)26(5)12-13-27(6)52-36-32(21-29(37(42)55)22-35(36)58-17-11-16-53)48(8)41(52)44-39(57)34-19-25(4)46-50(34)10-2/h14-15,18-23,26-27,53H,9-13,16-17H2,1-8H3,(H2,42,55). The van der Waals surface area contributed by atoms with Crippen molar-refractivity contribution < 1.29 is 29.0 Å². The highest BCUT2D eigenvalue weighted by atomic mass is 16.5. The number of aryl methyl sites for hydroxylation is 6. The van der Waals surface area contributed by atoms with Gasteiger partial charge in [-0.05, 0) is 96.8 Å². The number of fused-ring (bicyclic) bond motifs is 2. The number of ether oxygens (including phenoxy) is 1. The van der Waals surface area contributed by atoms with E-state index in [0.717, 1.165) is 17.3 Å². The fourth-order valence-corrected chi connectivity index (χ4v) is 7.49. The van der Waals surface area contributed by atoms with Crippen LogP contribution >= 0.6 is 0 Å². The monoisotopic (exact) mass is 793 g/mol. The summed E-state index contributed by atoms with van der Waals surface area (Å²) in [6.07, 6.45) is 2.26. The SMILES string of the molecule is CCn1nc(C)cc1C(=O)N=c1n(C)c2cc(C=O)ccc2n1C(C)CCC(C)n1c(=NC(=O)c2cc(C)nn2CC)n(C)c2cc(C(N)=O)cc(OCCCO)c21. The maximum absolute atomic E-state index is 13.9. The van der Waals surface area contributed by atoms with Crippen LogP contribution in [0.1, 0.15) is 112 Å². The molecule has 2 atom stereocenters. The molecule has 0 saturated heterocycles. The van der Waals surface area contributed by atoms with Crippen LogP contribution in [0.3, 0.4) is 0 Å². The van der Waals surface area contributed by atoms with Crippen LogP contribution in [0.2, 0.25) is 0 Å². The van der Waals surface area contributed by atoms with Gasteiger partial charge in [0.1, 0.15) is 28.9 Å². The minimum Gasteiger partial charge on any atom is -0.491 e. The van der Waals surface area contributed by atoms with Crippen molar-refractivity contribution in [2.45, 2.75) is 86.0 Å². The van der Waals surface area contributed by atoms with E-state index in [9.17, 15) is 24.3 Å². The molecule has 2 aromatic carbocycles. The molecule has 17 heteroatoms. The Morgan fingerprint density at radius 1 is 0.810 bits per heavy atom. The molecule has 0 bridgehead atoms. The highest BCUT2D eigenvalue weighted by Crippen LogP contribution is 2.32. The molecule has 6 rings (SSSR count). The molecule has 0 spiro atoms. The average molecular weight is 794 g/mol. The smallest absolute Gasteiger partial charge is 0.298 e. The number of nitrogens with zero attached hydrogens (tertiary/aromatic N) is 10. The molecule has 0 aliphatic rings. The lowest BCUT2D eigenvalue weighted by Crippen LogP contribution is -2.30. The van der Waals surface area contributed by atoms with Crippen molar-refractivity contribution in [3.8, 4) is 5.75 Å². The number of hydrogen-bond acceptors (Lipinski definition) is 8. The quantitative estimate of drug-likeness (QED) is 0.114. The van der Waals surface area contributed by atoms with Crippen LogP contribution in [0.4, 0.5) is 0 Å². The third kappa shape index (κ3) is 7.81. The van der Waals surface area contributed by atoms with Gasteiger partial charge in [-0.15, -0.1) is 0 Å². The maximum atomic E-state index is 13.9. The Bertz CT molecular complexity index is 2700. The number of hydrogen-bond donors (Lipinski definition) is 2. The van der Waals surface area contributed by atoms with E-state index in [-0.39, 0.29) is 30.9 Å². The molecule has 306 valence electrons. The van der Waals surface area contributed by atoms with Gasteiger partial charge in [0.15, 0.2) is 0 Å². The lowest BCUT2D eigenvalue weighted by molar-refractivity contribution is 0.0977. The van der Waals surface area contributed by atoms with Crippen LogP contribution in [0.25, 0.3) is 22.1 Å². The number of amides is 3. The van der Waals surface area contributed by atoms with Gasteiger partial charge in [0.2, 0.25) is 17.1 Å². The molecule has 0 aliphatic heterocycles. The van der Waals surface area contributed by atoms with Gasteiger partial charge < -0.3 is 33.8 Å². The Morgan fingerprint density at radius 3 is 1.90 bits per heavy atom. The first kappa shape index (κ1) is 41.3. The molecule has 2 unspecified atom stereocenters. The van der Waals surface area contributed by atoms with Crippen LogP contribution in [0.5, 0.6) is 5.75 Å². The second-order valence-corrected chi connectivity index (χ2v) is 14.5. The van der Waals surface area contributed by atoms with E-state index in [4.69, 9.17) is 10.5 Å². The van der Waals surface area contributed by atoms with Crippen LogP contribution in [0.15, 0.2) is 52.4 Å². The number of carbonyl (C=O) groups is 4. The summed E-state index contributed by atoms with van der Waals surface area (Å²) >= 11 is 0. The van der Waals surface area contributed by atoms with Gasteiger partial charge in [-0.3, -0.25) is 28.5 Å². The molecular formula is C41H51N11O6. The summed E-state index contributed by atoms with van der Waals surface area (Å²) in [5.41, 5.74) is 12.0. The summed E-state index contributed by atoms with van der Waals surface area (Å²) in [5.74, 6) is -1.22. The molecule has 0 radical (unpaired) electrons. The zero-order valence-corrected chi connectivity index (χ0v) is 34.3. The number of primary amides is 1. The van der Waals surface area contributed by atoms with E-state index >= 15 is 0 Å². The molecule has 0 fully saturated rings. The molecule has 0 aliphatic carbocycles. The van der Waals surface area contributed by atoms with E-state index in [0.29, 0.717) is 88.7 Å². The normalized spacial score (nSPS) is 13.5. The van der Waals surface area contributed by atoms with Crippen molar-refractivity contribution in [1.29, 1.82) is 0 Å². The lowest BCUT2D eigenvalue weighted by Gasteiger charge is -2.21. The molecular weight excluding hydrogens is 743 g/mol. The highest BCUT2D eigenvalue weighted by molar-refractivity contribution is 5.99. The zero-order valence-electron chi connectivity index (χ0n) is 34.3. The topological polar surface area (TPSA) is 204 Å². The van der Waals surface area contributed by atoms with Gasteiger partial charge in [0.25, 0.3) is 11.8 Å². The van der Waals surface area contributed by atoms with Crippen LogP contribution in [-0.2, 0) is 27.2 Å². The Hall–Kier alpha value is -6.36. The minimum absolute atomic E-state index is 0.0919. The molecule has 17 nitrogen and oxygen atoms in total. The largest absolute Gasteiger partial charge is 0.491 e. The van der Waals surface area contributed by atoms with Gasteiger partial charge in [0, 0.05) is 63.4 Å². The number of nitrogens with two attached hydrogens (primary N) is 1. The van der Waals surface area contributed by atoms with Crippen LogP contribution < -0.4 is 21.7 Å². The average Bonchev–Trinajstić information content (AvgIpc) is 3.94. The number of carbonyl (C=O) groups excluding carboxylic acids is 4. The van der Waals surface area contributed by atoms with E-state index in [2.05, 4.69) is 20.2 Å². The molecule has 4 heterocycles. The number of imidazole rings is 2. The minimum atomic E-state index is -0.651. The molecule has 6 aromatic rings. The van der Waals surface area contributed by atoms with Gasteiger partial charge in [0.05, 0.1) is 34.5 Å². The fourth-order valence-electron chi connectivity index (χ4n) is 7.49. The highest BCUT2D eigenvalue weighted by Gasteiger charge is 2.25. The van der Waals surface area contributed by atoms with Crippen LogP contribution in [-0.4, -0.2) is 80.2 Å². The van der Waals surface area contributed by atoms with Crippen molar-refractivity contribution in [3.63, 3.8) is 0 Å². The third-order valence-electron chi connectivity index (χ3n) is 10.4. The van der Waals surface area contributed by atoms with Gasteiger partial charge in [-0.2, -0.15) is 20.2 Å². The lowest BCUT2D eigenvalue weighted by atomic mass is 10.1. The summed E-state index contributed by atoms with van der Waals surface area (Å²) in [6.45, 7) is 12.6. The van der Waals surface area contributed by atoms with Crippen molar-refractivity contribution in [3.05, 3.63) is 87.6 Å². The van der Waals surface area contributed by atoms with E-state index in [1.54, 1.807) is 57.4 Å². The number of rotatable bonds is 15. The fraction of sp³-hybridized carbons (Fsp3) is 0.415. The Morgan fingerprint density at radius 2 is 1.36 bits per heavy atom. The van der Waals surface area contributed by atoms with E-state index in [1.807, 2.05) is 68.4 Å². The summed E-state index contributed by atoms with van der Waals surface area (Å²) in [4.78, 5) is 61.3. The summed E-state index contributed by atoms with van der Waals surface area (Å²) in [7, 11) is 3.58. The van der Waals surface area contributed by atoms with Crippen molar-refractivity contribution in [2.75, 3.05) is 13.2 Å². The number of aliphatic hydroxyl groups excluding tert-OH is 1.